The summed E-state index contributed by atoms with van der Waals surface area (Å²) in [6.45, 7) is 8.25. The fourth-order valence-electron chi connectivity index (χ4n) is 3.70. The molecule has 0 radical (unpaired) electrons. The van der Waals surface area contributed by atoms with Gasteiger partial charge in [0, 0.05) is 24.2 Å². The highest BCUT2D eigenvalue weighted by atomic mass is 35.5. The van der Waals surface area contributed by atoms with Crippen molar-refractivity contribution in [3.8, 4) is 11.3 Å². The van der Waals surface area contributed by atoms with E-state index in [-0.39, 0.29) is 39.1 Å². The van der Waals surface area contributed by atoms with Crippen LogP contribution in [-0.2, 0) is 31.5 Å². The number of benzene rings is 2. The van der Waals surface area contributed by atoms with Gasteiger partial charge in [-0.05, 0) is 71.0 Å². The Balaban J connectivity index is 2.12. The molecule has 1 amide bonds. The van der Waals surface area contributed by atoms with Crippen LogP contribution in [0, 0.1) is 5.82 Å². The molecule has 0 unspecified atom stereocenters. The molecule has 0 saturated carbocycles. The van der Waals surface area contributed by atoms with Gasteiger partial charge < -0.3 is 9.64 Å². The van der Waals surface area contributed by atoms with Crippen LogP contribution < -0.4 is 9.44 Å². The summed E-state index contributed by atoms with van der Waals surface area (Å²) in [6.07, 6.45) is -0.665. The van der Waals surface area contributed by atoms with Crippen LogP contribution in [0.5, 0.6) is 0 Å². The van der Waals surface area contributed by atoms with E-state index in [0.29, 0.717) is 0 Å². The van der Waals surface area contributed by atoms with Crippen molar-refractivity contribution in [2.24, 2.45) is 0 Å². The molecule has 14 heteroatoms. The van der Waals surface area contributed by atoms with Crippen LogP contribution in [0.3, 0.4) is 0 Å². The number of aromatic nitrogens is 1. The Labute approximate surface area is 239 Å². The molecule has 0 saturated heterocycles. The molecule has 1 aromatic heterocycles. The van der Waals surface area contributed by atoms with E-state index in [1.165, 1.54) is 54.4 Å². The number of hydrogen-bond acceptors (Lipinski definition) is 6. The molecule has 0 aliphatic rings. The number of hydrogen-bond donors (Lipinski definition) is 2. The summed E-state index contributed by atoms with van der Waals surface area (Å²) < 4.78 is 78.2. The van der Waals surface area contributed by atoms with Gasteiger partial charge in [-0.15, -0.1) is 0 Å². The van der Waals surface area contributed by atoms with Crippen LogP contribution in [0.4, 0.5) is 14.9 Å². The Hall–Kier alpha value is -3.13. The highest BCUT2D eigenvalue weighted by Crippen LogP contribution is 2.35. The minimum Gasteiger partial charge on any atom is -0.444 e. The van der Waals surface area contributed by atoms with Crippen molar-refractivity contribution < 1.29 is 30.8 Å². The number of carbonyl (C=O) groups is 1. The van der Waals surface area contributed by atoms with Crippen molar-refractivity contribution in [2.75, 3.05) is 11.8 Å². The van der Waals surface area contributed by atoms with Crippen LogP contribution in [0.15, 0.2) is 59.5 Å². The van der Waals surface area contributed by atoms with E-state index in [4.69, 9.17) is 16.3 Å². The lowest BCUT2D eigenvalue weighted by atomic mass is 10.1. The molecule has 3 aromatic rings. The summed E-state index contributed by atoms with van der Waals surface area (Å²) in [6, 6.07) is 11.7. The Kier molecular flexibility index (Phi) is 9.24. The van der Waals surface area contributed by atoms with Crippen LogP contribution in [0.2, 0.25) is 5.15 Å². The summed E-state index contributed by atoms with van der Waals surface area (Å²) in [5, 5.41) is -0.277. The SMILES string of the molecule is CC(C)NS(=O)(=O)Nc1cccc(S(=O)(=O)n2c(-c3ccccc3F)cc(CN(C)C(=O)OC(C)(C)C)c2Cl)c1. The summed E-state index contributed by atoms with van der Waals surface area (Å²) >= 11 is 6.61. The van der Waals surface area contributed by atoms with Gasteiger partial charge in [-0.25, -0.2) is 21.6 Å². The van der Waals surface area contributed by atoms with Crippen LogP contribution in [0.1, 0.15) is 40.2 Å². The Morgan fingerprint density at radius 1 is 1.07 bits per heavy atom. The predicted octanol–water partition coefficient (Wildman–Crippen LogP) is 5.21. The molecule has 2 N–H and O–H groups in total. The van der Waals surface area contributed by atoms with Crippen molar-refractivity contribution in [1.82, 2.24) is 13.6 Å². The van der Waals surface area contributed by atoms with Gasteiger partial charge >= 0.3 is 6.09 Å². The van der Waals surface area contributed by atoms with Crippen LogP contribution in [0.25, 0.3) is 11.3 Å². The third kappa shape index (κ3) is 7.53. The number of carbonyl (C=O) groups excluding carboxylic acids is 1. The maximum Gasteiger partial charge on any atom is 0.410 e. The summed E-state index contributed by atoms with van der Waals surface area (Å²) in [4.78, 5) is 13.4. The van der Waals surface area contributed by atoms with E-state index in [9.17, 15) is 26.0 Å². The number of rotatable bonds is 9. The number of nitrogens with one attached hydrogen (secondary N) is 2. The van der Waals surface area contributed by atoms with Gasteiger partial charge in [0.15, 0.2) is 0 Å². The molecule has 0 spiro atoms. The van der Waals surface area contributed by atoms with Crippen LogP contribution in [-0.4, -0.2) is 50.5 Å². The standard InChI is InChI=1S/C26H32ClFN4O6S2/c1-17(2)29-40(36,37)30-19-10-9-11-20(15-19)39(34,35)32-23(21-12-7-8-13-22(21)28)14-18(24(32)27)16-31(6)25(33)38-26(3,4)5/h7-15,17,29-30H,16H2,1-6H3. The second-order valence-electron chi connectivity index (χ2n) is 10.3. The fraction of sp³-hybridized carbons (Fsp3) is 0.346. The number of ether oxygens (including phenoxy) is 1. The minimum absolute atomic E-state index is 0.0187. The Morgan fingerprint density at radius 3 is 2.33 bits per heavy atom. The summed E-state index contributed by atoms with van der Waals surface area (Å²) in [7, 11) is -7.03. The average Bonchev–Trinajstić information content (AvgIpc) is 3.13. The van der Waals surface area contributed by atoms with E-state index >= 15 is 0 Å². The van der Waals surface area contributed by atoms with Gasteiger partial charge in [-0.1, -0.05) is 29.8 Å². The van der Waals surface area contributed by atoms with Gasteiger partial charge in [0.05, 0.1) is 22.8 Å². The lowest BCUT2D eigenvalue weighted by Crippen LogP contribution is -2.35. The first-order valence-electron chi connectivity index (χ1n) is 12.2. The first-order valence-corrected chi connectivity index (χ1v) is 15.5. The molecule has 1 heterocycles. The smallest absolute Gasteiger partial charge is 0.410 e. The Bertz CT molecular complexity index is 1620. The maximum atomic E-state index is 14.9. The van der Waals surface area contributed by atoms with E-state index in [0.717, 1.165) is 10.0 Å². The summed E-state index contributed by atoms with van der Waals surface area (Å²) in [5.74, 6) is -0.693. The molecule has 2 aromatic carbocycles. The Morgan fingerprint density at radius 2 is 1.73 bits per heavy atom. The van der Waals surface area contributed by atoms with Crippen molar-refractivity contribution in [1.29, 1.82) is 0 Å². The second kappa shape index (κ2) is 11.8. The molecule has 218 valence electrons. The van der Waals surface area contributed by atoms with Gasteiger partial charge in [-0.2, -0.15) is 13.1 Å². The van der Waals surface area contributed by atoms with Gasteiger partial charge in [-0.3, -0.25) is 4.72 Å². The highest BCUT2D eigenvalue weighted by Gasteiger charge is 2.29. The van der Waals surface area contributed by atoms with Gasteiger partial charge in [0.2, 0.25) is 0 Å². The zero-order valence-corrected chi connectivity index (χ0v) is 25.3. The monoisotopic (exact) mass is 614 g/mol. The molecule has 3 rings (SSSR count). The van der Waals surface area contributed by atoms with Crippen molar-refractivity contribution >= 4 is 43.6 Å². The number of anilines is 1. The maximum absolute atomic E-state index is 14.9. The predicted molar refractivity (Wildman–Crippen MR) is 152 cm³/mol. The largest absolute Gasteiger partial charge is 0.444 e. The number of nitrogens with zero attached hydrogens (tertiary/aromatic N) is 2. The molecule has 0 fully saturated rings. The summed E-state index contributed by atoms with van der Waals surface area (Å²) in [5.41, 5.74) is -0.690. The number of amides is 1. The quantitative estimate of drug-likeness (QED) is 0.341. The molecule has 10 nitrogen and oxygen atoms in total. The van der Waals surface area contributed by atoms with Gasteiger partial charge in [0.1, 0.15) is 16.6 Å². The minimum atomic E-state index is -4.50. The normalized spacial score (nSPS) is 12.4. The van der Waals surface area contributed by atoms with Crippen molar-refractivity contribution in [3.05, 3.63) is 71.1 Å². The number of halogens is 2. The zero-order valence-electron chi connectivity index (χ0n) is 22.9. The molecular weight excluding hydrogens is 583 g/mol. The van der Waals surface area contributed by atoms with E-state index in [2.05, 4.69) is 9.44 Å². The molecular formula is C26H32ClFN4O6S2. The molecule has 0 bridgehead atoms. The zero-order chi connectivity index (χ0) is 30.0. The van der Waals surface area contributed by atoms with Crippen molar-refractivity contribution in [3.63, 3.8) is 0 Å². The van der Waals surface area contributed by atoms with E-state index in [1.807, 2.05) is 0 Å². The fourth-order valence-corrected chi connectivity index (χ4v) is 6.77. The third-order valence-corrected chi connectivity index (χ3v) is 8.76. The molecule has 0 aliphatic carbocycles. The van der Waals surface area contributed by atoms with Gasteiger partial charge in [0.25, 0.3) is 20.2 Å². The second-order valence-corrected chi connectivity index (χ2v) is 13.9. The molecule has 0 aliphatic heterocycles. The van der Waals surface area contributed by atoms with E-state index < -0.39 is 43.8 Å². The third-order valence-electron chi connectivity index (χ3n) is 5.25. The average molecular weight is 615 g/mol. The molecule has 0 atom stereocenters. The van der Waals surface area contributed by atoms with E-state index in [1.54, 1.807) is 40.7 Å². The first-order chi connectivity index (χ1) is 18.4. The van der Waals surface area contributed by atoms with Crippen molar-refractivity contribution in [2.45, 2.75) is 57.7 Å². The lowest BCUT2D eigenvalue weighted by molar-refractivity contribution is 0.0285. The topological polar surface area (TPSA) is 127 Å². The lowest BCUT2D eigenvalue weighted by Gasteiger charge is -2.24. The highest BCUT2D eigenvalue weighted by molar-refractivity contribution is 7.91. The van der Waals surface area contributed by atoms with Crippen LogP contribution >= 0.6 is 11.6 Å². The first kappa shape index (κ1) is 31.4. The molecule has 40 heavy (non-hydrogen) atoms.